The summed E-state index contributed by atoms with van der Waals surface area (Å²) in [7, 11) is 0. The highest BCUT2D eigenvalue weighted by Crippen LogP contribution is 2.07. The smallest absolute Gasteiger partial charge is 0.326 e. The zero-order chi connectivity index (χ0) is 31.0. The zero-order valence-corrected chi connectivity index (χ0v) is 23.4. The molecule has 0 bridgehead atoms. The van der Waals surface area contributed by atoms with Crippen LogP contribution in [0.2, 0.25) is 0 Å². The largest absolute Gasteiger partial charge is 0.481 e. The molecule has 0 saturated heterocycles. The normalized spacial score (nSPS) is 13.9. The fourth-order valence-electron chi connectivity index (χ4n) is 3.58. The Hall–Kier alpha value is -3.95. The molecule has 0 radical (unpaired) electrons. The first-order chi connectivity index (χ1) is 18.5. The molecule has 0 fully saturated rings. The molecule has 228 valence electrons. The number of carbonyl (C=O) groups is 6. The van der Waals surface area contributed by atoms with Crippen LogP contribution in [-0.2, 0) is 28.8 Å². The van der Waals surface area contributed by atoms with Crippen LogP contribution in [0.1, 0.15) is 59.8 Å². The lowest BCUT2D eigenvalue weighted by molar-refractivity contribution is -0.142. The van der Waals surface area contributed by atoms with Crippen molar-refractivity contribution >= 4 is 41.5 Å². The van der Waals surface area contributed by atoms with Gasteiger partial charge >= 0.3 is 11.9 Å². The third-order valence-electron chi connectivity index (χ3n) is 5.46. The Bertz CT molecular complexity index is 911. The Morgan fingerprint density at radius 2 is 1.35 bits per heavy atom. The summed E-state index contributed by atoms with van der Waals surface area (Å²) in [6.07, 6.45) is 0.0599. The van der Waals surface area contributed by atoms with Gasteiger partial charge in [0, 0.05) is 6.54 Å². The molecule has 0 rings (SSSR count). The number of hydrogen-bond donors (Lipinski definition) is 10. The van der Waals surface area contributed by atoms with E-state index >= 15 is 0 Å². The minimum Gasteiger partial charge on any atom is -0.481 e. The summed E-state index contributed by atoms with van der Waals surface area (Å²) in [5, 5.41) is 37.6. The quantitative estimate of drug-likeness (QED) is 0.0450. The molecular formula is C24H44N8O8. The lowest BCUT2D eigenvalue weighted by Crippen LogP contribution is -2.55. The number of carboxylic acid groups (broad SMARTS) is 2. The second kappa shape index (κ2) is 18.4. The SMILES string of the molecule is CC(C)C[C@H](NC(=O)CNC(=O)[C@H](CC(=O)O)NC(=O)[C@@H](N)CC(C)C)C(=O)N[C@@H](CCCNC(=N)N)C(=O)O. The standard InChI is InChI=1S/C24H44N8O8/c1-12(2)8-14(25)20(36)32-17(10-19(34)35)21(37)29-11-18(33)30-16(9-13(3)4)22(38)31-15(23(39)40)6-5-7-28-24(26)27/h12-17H,5-11,25H2,1-4H3,(H,29,37)(H,30,33)(H,31,38)(H,32,36)(H,34,35)(H,39,40)(H4,26,27,28)/t14-,15-,16-,17-/m0/s1. The van der Waals surface area contributed by atoms with Crippen molar-refractivity contribution in [2.75, 3.05) is 13.1 Å². The van der Waals surface area contributed by atoms with Crippen molar-refractivity contribution in [1.82, 2.24) is 26.6 Å². The van der Waals surface area contributed by atoms with Crippen LogP contribution in [0.3, 0.4) is 0 Å². The van der Waals surface area contributed by atoms with Gasteiger partial charge in [-0.15, -0.1) is 0 Å². The van der Waals surface area contributed by atoms with Crippen LogP contribution >= 0.6 is 0 Å². The van der Waals surface area contributed by atoms with Gasteiger partial charge in [0.1, 0.15) is 18.1 Å². The number of rotatable bonds is 19. The van der Waals surface area contributed by atoms with Crippen LogP contribution in [0.15, 0.2) is 0 Å². The minimum absolute atomic E-state index is 0.0390. The molecule has 12 N–H and O–H groups in total. The summed E-state index contributed by atoms with van der Waals surface area (Å²) in [4.78, 5) is 73.0. The highest BCUT2D eigenvalue weighted by Gasteiger charge is 2.29. The maximum Gasteiger partial charge on any atom is 0.326 e. The number of carbonyl (C=O) groups excluding carboxylic acids is 4. The van der Waals surface area contributed by atoms with Gasteiger partial charge in [-0.05, 0) is 37.5 Å². The van der Waals surface area contributed by atoms with Gasteiger partial charge in [0.15, 0.2) is 5.96 Å². The molecule has 0 heterocycles. The number of carboxylic acids is 2. The Morgan fingerprint density at radius 1 is 0.775 bits per heavy atom. The first-order valence-corrected chi connectivity index (χ1v) is 13.0. The maximum absolute atomic E-state index is 12.8. The number of nitrogens with two attached hydrogens (primary N) is 2. The molecule has 0 aliphatic heterocycles. The monoisotopic (exact) mass is 572 g/mol. The van der Waals surface area contributed by atoms with Gasteiger partial charge in [-0.25, -0.2) is 4.79 Å². The number of amides is 4. The number of hydrogen-bond acceptors (Lipinski definition) is 8. The van der Waals surface area contributed by atoms with Crippen LogP contribution < -0.4 is 38.1 Å². The Kier molecular flexibility index (Phi) is 16.5. The van der Waals surface area contributed by atoms with Gasteiger partial charge in [-0.3, -0.25) is 29.4 Å². The molecule has 0 aromatic carbocycles. The number of nitrogens with one attached hydrogen (secondary N) is 6. The van der Waals surface area contributed by atoms with Crippen molar-refractivity contribution in [2.45, 2.75) is 84.0 Å². The molecule has 0 aliphatic rings. The lowest BCUT2D eigenvalue weighted by atomic mass is 10.0. The van der Waals surface area contributed by atoms with Gasteiger partial charge in [0.2, 0.25) is 23.6 Å². The molecule has 0 spiro atoms. The summed E-state index contributed by atoms with van der Waals surface area (Å²) in [6.45, 7) is 6.86. The summed E-state index contributed by atoms with van der Waals surface area (Å²) in [6, 6.07) is -4.82. The Morgan fingerprint density at radius 3 is 1.85 bits per heavy atom. The maximum atomic E-state index is 12.8. The molecule has 0 aromatic rings. The van der Waals surface area contributed by atoms with E-state index in [2.05, 4.69) is 26.6 Å². The van der Waals surface area contributed by atoms with Gasteiger partial charge in [0.05, 0.1) is 19.0 Å². The summed E-state index contributed by atoms with van der Waals surface area (Å²) >= 11 is 0. The van der Waals surface area contributed by atoms with E-state index in [1.807, 2.05) is 13.8 Å². The topological polar surface area (TPSA) is 279 Å². The zero-order valence-electron chi connectivity index (χ0n) is 23.4. The fourth-order valence-corrected chi connectivity index (χ4v) is 3.58. The molecule has 4 atom stereocenters. The average molecular weight is 573 g/mol. The highest BCUT2D eigenvalue weighted by atomic mass is 16.4. The van der Waals surface area contributed by atoms with Crippen LogP contribution in [0.25, 0.3) is 0 Å². The van der Waals surface area contributed by atoms with Crippen LogP contribution in [-0.4, -0.2) is 89.0 Å². The van der Waals surface area contributed by atoms with Crippen LogP contribution in [0.5, 0.6) is 0 Å². The van der Waals surface area contributed by atoms with Crippen molar-refractivity contribution in [3.05, 3.63) is 0 Å². The van der Waals surface area contributed by atoms with E-state index in [-0.39, 0.29) is 37.2 Å². The van der Waals surface area contributed by atoms with E-state index in [4.69, 9.17) is 22.0 Å². The summed E-state index contributed by atoms with van der Waals surface area (Å²) in [5.41, 5.74) is 11.0. The molecule has 16 nitrogen and oxygen atoms in total. The first-order valence-electron chi connectivity index (χ1n) is 13.0. The van der Waals surface area contributed by atoms with E-state index in [1.54, 1.807) is 13.8 Å². The molecule has 0 aliphatic carbocycles. The van der Waals surface area contributed by atoms with Crippen molar-refractivity contribution in [3.63, 3.8) is 0 Å². The van der Waals surface area contributed by atoms with Crippen LogP contribution in [0.4, 0.5) is 0 Å². The highest BCUT2D eigenvalue weighted by molar-refractivity contribution is 5.95. The van der Waals surface area contributed by atoms with E-state index in [9.17, 15) is 33.9 Å². The van der Waals surface area contributed by atoms with Gasteiger partial charge in [-0.2, -0.15) is 0 Å². The molecule has 0 aromatic heterocycles. The molecular weight excluding hydrogens is 528 g/mol. The molecule has 0 saturated carbocycles. The van der Waals surface area contributed by atoms with Gasteiger partial charge < -0.3 is 48.3 Å². The van der Waals surface area contributed by atoms with E-state index in [0.29, 0.717) is 12.8 Å². The van der Waals surface area contributed by atoms with Crippen molar-refractivity contribution in [3.8, 4) is 0 Å². The summed E-state index contributed by atoms with van der Waals surface area (Å²) < 4.78 is 0. The van der Waals surface area contributed by atoms with Crippen molar-refractivity contribution < 1.29 is 39.0 Å². The van der Waals surface area contributed by atoms with Gasteiger partial charge in [-0.1, -0.05) is 27.7 Å². The molecule has 40 heavy (non-hydrogen) atoms. The second-order valence-corrected chi connectivity index (χ2v) is 10.2. The lowest BCUT2D eigenvalue weighted by Gasteiger charge is -2.23. The number of aliphatic carboxylic acids is 2. The predicted octanol–water partition coefficient (Wildman–Crippen LogP) is -2.20. The second-order valence-electron chi connectivity index (χ2n) is 10.2. The van der Waals surface area contributed by atoms with E-state index in [0.717, 1.165) is 0 Å². The molecule has 0 unspecified atom stereocenters. The fraction of sp³-hybridized carbons (Fsp3) is 0.708. The average Bonchev–Trinajstić information content (AvgIpc) is 2.81. The number of guanidine groups is 1. The molecule has 4 amide bonds. The third kappa shape index (κ3) is 16.1. The van der Waals surface area contributed by atoms with Gasteiger partial charge in [0.25, 0.3) is 0 Å². The third-order valence-corrected chi connectivity index (χ3v) is 5.46. The predicted molar refractivity (Wildman–Crippen MR) is 145 cm³/mol. The Balaban J connectivity index is 5.21. The van der Waals surface area contributed by atoms with Crippen molar-refractivity contribution in [1.29, 1.82) is 5.41 Å². The minimum atomic E-state index is -1.49. The van der Waals surface area contributed by atoms with Crippen molar-refractivity contribution in [2.24, 2.45) is 23.3 Å². The van der Waals surface area contributed by atoms with E-state index in [1.165, 1.54) is 0 Å². The Labute approximate surface area is 233 Å². The van der Waals surface area contributed by atoms with Crippen LogP contribution in [0, 0.1) is 17.2 Å². The first kappa shape index (κ1) is 36.0. The molecule has 16 heteroatoms. The summed E-state index contributed by atoms with van der Waals surface area (Å²) in [5.74, 6) is -6.07. The van der Waals surface area contributed by atoms with E-state index < -0.39 is 72.7 Å².